The minimum atomic E-state index is -0.266. The Labute approximate surface area is 124 Å². The molecule has 0 radical (unpaired) electrons. The van der Waals surface area contributed by atoms with E-state index in [9.17, 15) is 9.18 Å². The van der Waals surface area contributed by atoms with E-state index in [-0.39, 0.29) is 23.7 Å². The molecule has 2 fully saturated rings. The molecule has 2 saturated heterocycles. The summed E-state index contributed by atoms with van der Waals surface area (Å²) >= 11 is 0. The molecule has 21 heavy (non-hydrogen) atoms. The molecule has 5 heteroatoms. The van der Waals surface area contributed by atoms with Gasteiger partial charge in [-0.3, -0.25) is 4.79 Å². The molecule has 3 rings (SSSR count). The van der Waals surface area contributed by atoms with Gasteiger partial charge < -0.3 is 15.0 Å². The highest BCUT2D eigenvalue weighted by Gasteiger charge is 2.30. The highest BCUT2D eigenvalue weighted by molar-refractivity contribution is 5.79. The molecule has 1 atom stereocenters. The molecule has 0 saturated carbocycles. The number of carbonyl (C=O) groups is 1. The molecule has 4 nitrogen and oxygen atoms in total. The van der Waals surface area contributed by atoms with Crippen LogP contribution in [0.3, 0.4) is 0 Å². The molecular formula is C16H21FN2O2. The van der Waals surface area contributed by atoms with Crippen molar-refractivity contribution in [1.29, 1.82) is 0 Å². The number of rotatable bonds is 2. The first-order valence-electron chi connectivity index (χ1n) is 7.60. The molecule has 1 unspecified atom stereocenters. The molecule has 2 aliphatic heterocycles. The molecule has 1 aromatic rings. The molecular weight excluding hydrogens is 271 g/mol. The molecule has 0 spiro atoms. The zero-order valence-electron chi connectivity index (χ0n) is 12.1. The van der Waals surface area contributed by atoms with Crippen LogP contribution in [-0.4, -0.2) is 43.6 Å². The highest BCUT2D eigenvalue weighted by Crippen LogP contribution is 2.25. The zero-order chi connectivity index (χ0) is 14.7. The lowest BCUT2D eigenvalue weighted by Crippen LogP contribution is -2.47. The van der Waals surface area contributed by atoms with Crippen molar-refractivity contribution in [2.24, 2.45) is 5.92 Å². The summed E-state index contributed by atoms with van der Waals surface area (Å²) in [7, 11) is 0. The minimum absolute atomic E-state index is 0.123. The standard InChI is InChI=1S/C16H21FN2O2/c17-14-3-1-2-13(10-14)15-11-19(8-9-21-15)16(20)12-4-6-18-7-5-12/h1-3,10,12,15,18H,4-9,11H2. The topological polar surface area (TPSA) is 41.6 Å². The number of nitrogens with zero attached hydrogens (tertiary/aromatic N) is 1. The van der Waals surface area contributed by atoms with E-state index in [2.05, 4.69) is 5.32 Å². The third kappa shape index (κ3) is 3.41. The summed E-state index contributed by atoms with van der Waals surface area (Å²) in [6.07, 6.45) is 1.59. The molecule has 2 aliphatic rings. The van der Waals surface area contributed by atoms with Crippen molar-refractivity contribution in [1.82, 2.24) is 10.2 Å². The lowest BCUT2D eigenvalue weighted by molar-refractivity contribution is -0.144. The zero-order valence-corrected chi connectivity index (χ0v) is 12.1. The van der Waals surface area contributed by atoms with Crippen LogP contribution in [0, 0.1) is 11.7 Å². The van der Waals surface area contributed by atoms with Crippen LogP contribution in [0.2, 0.25) is 0 Å². The first-order valence-corrected chi connectivity index (χ1v) is 7.60. The molecule has 1 aromatic carbocycles. The van der Waals surface area contributed by atoms with Gasteiger partial charge in [-0.05, 0) is 43.6 Å². The van der Waals surface area contributed by atoms with Crippen molar-refractivity contribution in [3.63, 3.8) is 0 Å². The van der Waals surface area contributed by atoms with Gasteiger partial charge in [-0.15, -0.1) is 0 Å². The van der Waals surface area contributed by atoms with Gasteiger partial charge in [0.15, 0.2) is 0 Å². The molecule has 0 aromatic heterocycles. The monoisotopic (exact) mass is 292 g/mol. The van der Waals surface area contributed by atoms with Crippen LogP contribution in [0.5, 0.6) is 0 Å². The summed E-state index contributed by atoms with van der Waals surface area (Å²) in [5.41, 5.74) is 0.804. The van der Waals surface area contributed by atoms with Gasteiger partial charge in [0.25, 0.3) is 0 Å². The van der Waals surface area contributed by atoms with E-state index < -0.39 is 0 Å². The SMILES string of the molecule is O=C(C1CCNCC1)N1CCOC(c2cccc(F)c2)C1. The van der Waals surface area contributed by atoms with E-state index in [4.69, 9.17) is 4.74 Å². The van der Waals surface area contributed by atoms with Gasteiger partial charge in [0, 0.05) is 12.5 Å². The Bertz CT molecular complexity index is 503. The fourth-order valence-electron chi connectivity index (χ4n) is 3.09. The van der Waals surface area contributed by atoms with Crippen LogP contribution in [0.25, 0.3) is 0 Å². The van der Waals surface area contributed by atoms with E-state index in [1.807, 2.05) is 11.0 Å². The van der Waals surface area contributed by atoms with E-state index >= 15 is 0 Å². The second-order valence-electron chi connectivity index (χ2n) is 5.72. The van der Waals surface area contributed by atoms with Crippen molar-refractivity contribution in [2.45, 2.75) is 18.9 Å². The summed E-state index contributed by atoms with van der Waals surface area (Å²) in [6.45, 7) is 3.49. The number of halogens is 1. The number of hydrogen-bond acceptors (Lipinski definition) is 3. The van der Waals surface area contributed by atoms with Crippen LogP contribution < -0.4 is 5.32 Å². The normalized spacial score (nSPS) is 24.0. The van der Waals surface area contributed by atoms with Gasteiger partial charge in [-0.1, -0.05) is 12.1 Å². The molecule has 1 amide bonds. The fourth-order valence-corrected chi connectivity index (χ4v) is 3.09. The van der Waals surface area contributed by atoms with Gasteiger partial charge in [0.05, 0.1) is 13.2 Å². The van der Waals surface area contributed by atoms with Gasteiger partial charge >= 0.3 is 0 Å². The summed E-state index contributed by atoms with van der Waals surface area (Å²) in [4.78, 5) is 14.4. The maximum Gasteiger partial charge on any atom is 0.225 e. The molecule has 1 N–H and O–H groups in total. The smallest absolute Gasteiger partial charge is 0.225 e. The van der Waals surface area contributed by atoms with Gasteiger partial charge in [0.2, 0.25) is 5.91 Å². The maximum atomic E-state index is 13.3. The summed E-state index contributed by atoms with van der Waals surface area (Å²) in [5, 5.41) is 3.28. The lowest BCUT2D eigenvalue weighted by atomic mass is 9.96. The van der Waals surface area contributed by atoms with Crippen LogP contribution >= 0.6 is 0 Å². The predicted octanol–water partition coefficient (Wildman–Crippen LogP) is 1.73. The molecule has 0 aliphatic carbocycles. The number of amides is 1. The number of benzene rings is 1. The number of piperidine rings is 1. The van der Waals surface area contributed by atoms with E-state index in [0.717, 1.165) is 31.5 Å². The number of nitrogens with one attached hydrogen (secondary N) is 1. The summed E-state index contributed by atoms with van der Waals surface area (Å²) < 4.78 is 19.0. The Morgan fingerprint density at radius 3 is 2.90 bits per heavy atom. The van der Waals surface area contributed by atoms with Crippen molar-refractivity contribution >= 4 is 5.91 Å². The third-order valence-corrected chi connectivity index (χ3v) is 4.29. The fraction of sp³-hybridized carbons (Fsp3) is 0.562. The number of morpholine rings is 1. The molecule has 0 bridgehead atoms. The van der Waals surface area contributed by atoms with E-state index in [1.165, 1.54) is 12.1 Å². The second kappa shape index (κ2) is 6.54. The van der Waals surface area contributed by atoms with Gasteiger partial charge in [-0.2, -0.15) is 0 Å². The second-order valence-corrected chi connectivity index (χ2v) is 5.72. The van der Waals surface area contributed by atoms with E-state index in [0.29, 0.717) is 19.7 Å². The quantitative estimate of drug-likeness (QED) is 0.902. The summed E-state index contributed by atoms with van der Waals surface area (Å²) in [6, 6.07) is 6.45. The van der Waals surface area contributed by atoms with E-state index in [1.54, 1.807) is 6.07 Å². The van der Waals surface area contributed by atoms with Gasteiger partial charge in [-0.25, -0.2) is 4.39 Å². The lowest BCUT2D eigenvalue weighted by Gasteiger charge is -2.36. The Balaban J connectivity index is 1.66. The Hall–Kier alpha value is -1.46. The number of ether oxygens (including phenoxy) is 1. The Kier molecular flexibility index (Phi) is 4.51. The first kappa shape index (κ1) is 14.5. The largest absolute Gasteiger partial charge is 0.370 e. The van der Waals surface area contributed by atoms with Crippen molar-refractivity contribution < 1.29 is 13.9 Å². The van der Waals surface area contributed by atoms with Crippen LogP contribution in [-0.2, 0) is 9.53 Å². The summed E-state index contributed by atoms with van der Waals surface area (Å²) in [5.74, 6) is 0.0802. The minimum Gasteiger partial charge on any atom is -0.370 e. The maximum absolute atomic E-state index is 13.3. The third-order valence-electron chi connectivity index (χ3n) is 4.29. The predicted molar refractivity (Wildman–Crippen MR) is 77.3 cm³/mol. The van der Waals surface area contributed by atoms with Crippen molar-refractivity contribution in [3.8, 4) is 0 Å². The first-order chi connectivity index (χ1) is 10.2. The average Bonchev–Trinajstić information content (AvgIpc) is 2.55. The van der Waals surface area contributed by atoms with Crippen LogP contribution in [0.1, 0.15) is 24.5 Å². The highest BCUT2D eigenvalue weighted by atomic mass is 19.1. The molecule has 2 heterocycles. The molecule has 114 valence electrons. The van der Waals surface area contributed by atoms with Crippen LogP contribution in [0.4, 0.5) is 4.39 Å². The van der Waals surface area contributed by atoms with Crippen molar-refractivity contribution in [2.75, 3.05) is 32.8 Å². The Morgan fingerprint density at radius 1 is 1.33 bits per heavy atom. The van der Waals surface area contributed by atoms with Gasteiger partial charge in [0.1, 0.15) is 11.9 Å². The average molecular weight is 292 g/mol. The van der Waals surface area contributed by atoms with Crippen LogP contribution in [0.15, 0.2) is 24.3 Å². The Morgan fingerprint density at radius 2 is 2.14 bits per heavy atom. The number of carbonyl (C=O) groups excluding carboxylic acids is 1. The van der Waals surface area contributed by atoms with Crippen molar-refractivity contribution in [3.05, 3.63) is 35.6 Å². The number of hydrogen-bond donors (Lipinski definition) is 1.